The summed E-state index contributed by atoms with van der Waals surface area (Å²) in [6, 6.07) is 7.69. The van der Waals surface area contributed by atoms with Crippen molar-refractivity contribution in [2.45, 2.75) is 18.8 Å². The van der Waals surface area contributed by atoms with Gasteiger partial charge < -0.3 is 9.47 Å². The van der Waals surface area contributed by atoms with Gasteiger partial charge in [0.25, 0.3) is 0 Å². The average Bonchev–Trinajstić information content (AvgIpc) is 2.81. The fourth-order valence-corrected chi connectivity index (χ4v) is 3.36. The van der Waals surface area contributed by atoms with Crippen LogP contribution < -0.4 is 0 Å². The standard InChI is InChI=1S/C16H15BrO4/c1-20-16(19)13-12(9-4-6-10(17)7-5-9)11-3-2-8-21-15(11)14(13)18/h4-7,12-13H,2-3,8H2,1H3/t12-,13+/m1/s1. The number of ketones is 1. The van der Waals surface area contributed by atoms with Crippen LogP contribution in [0.4, 0.5) is 0 Å². The Morgan fingerprint density at radius 2 is 2.05 bits per heavy atom. The molecule has 0 aromatic heterocycles. The number of Topliss-reactive ketones (excluding diaryl/α,β-unsaturated/α-hetero) is 1. The number of carbonyl (C=O) groups excluding carboxylic acids is 2. The number of carbonyl (C=O) groups is 2. The molecule has 0 amide bonds. The van der Waals surface area contributed by atoms with Gasteiger partial charge in [-0.1, -0.05) is 28.1 Å². The van der Waals surface area contributed by atoms with Crippen LogP contribution in [-0.4, -0.2) is 25.5 Å². The Balaban J connectivity index is 2.07. The van der Waals surface area contributed by atoms with Crippen molar-refractivity contribution >= 4 is 27.7 Å². The van der Waals surface area contributed by atoms with Crippen LogP contribution in [-0.2, 0) is 19.1 Å². The summed E-state index contributed by atoms with van der Waals surface area (Å²) in [4.78, 5) is 24.6. The third-order valence-electron chi connectivity index (χ3n) is 4.03. The van der Waals surface area contributed by atoms with E-state index in [0.717, 1.165) is 28.5 Å². The lowest BCUT2D eigenvalue weighted by molar-refractivity contribution is -0.149. The van der Waals surface area contributed by atoms with Crippen LogP contribution in [0, 0.1) is 5.92 Å². The van der Waals surface area contributed by atoms with Crippen molar-refractivity contribution in [2.75, 3.05) is 13.7 Å². The first-order chi connectivity index (χ1) is 10.1. The van der Waals surface area contributed by atoms with Crippen LogP contribution in [0.1, 0.15) is 24.3 Å². The van der Waals surface area contributed by atoms with Gasteiger partial charge in [-0.3, -0.25) is 9.59 Å². The summed E-state index contributed by atoms with van der Waals surface area (Å²) in [6.45, 7) is 0.533. The molecule has 21 heavy (non-hydrogen) atoms. The van der Waals surface area contributed by atoms with Gasteiger partial charge in [0, 0.05) is 10.4 Å². The van der Waals surface area contributed by atoms with Crippen molar-refractivity contribution in [2.24, 2.45) is 5.92 Å². The molecule has 1 aliphatic carbocycles. The predicted octanol–water partition coefficient (Wildman–Crippen LogP) is 2.97. The predicted molar refractivity (Wildman–Crippen MR) is 79.6 cm³/mol. The van der Waals surface area contributed by atoms with Crippen molar-refractivity contribution in [1.29, 1.82) is 0 Å². The molecular weight excluding hydrogens is 336 g/mol. The molecule has 1 aliphatic heterocycles. The van der Waals surface area contributed by atoms with Crippen LogP contribution >= 0.6 is 15.9 Å². The highest BCUT2D eigenvalue weighted by molar-refractivity contribution is 9.10. The van der Waals surface area contributed by atoms with Crippen molar-refractivity contribution < 1.29 is 19.1 Å². The lowest BCUT2D eigenvalue weighted by atomic mass is 9.83. The van der Waals surface area contributed by atoms with Crippen molar-refractivity contribution in [1.82, 2.24) is 0 Å². The SMILES string of the molecule is COC(=O)[C@@H]1C(=O)C2=C(CCCO2)[C@H]1c1ccc(Br)cc1. The zero-order chi connectivity index (χ0) is 15.0. The molecule has 1 aromatic rings. The highest BCUT2D eigenvalue weighted by Crippen LogP contribution is 2.46. The fourth-order valence-electron chi connectivity index (χ4n) is 3.10. The molecule has 0 N–H and O–H groups in total. The van der Waals surface area contributed by atoms with Gasteiger partial charge >= 0.3 is 5.97 Å². The number of hydrogen-bond acceptors (Lipinski definition) is 4. The number of ether oxygens (including phenoxy) is 2. The van der Waals surface area contributed by atoms with E-state index < -0.39 is 11.9 Å². The summed E-state index contributed by atoms with van der Waals surface area (Å²) in [5.74, 6) is -1.45. The Hall–Kier alpha value is -1.62. The molecule has 0 radical (unpaired) electrons. The minimum atomic E-state index is -0.820. The quantitative estimate of drug-likeness (QED) is 0.607. The molecule has 1 aromatic carbocycles. The van der Waals surface area contributed by atoms with E-state index in [4.69, 9.17) is 9.47 Å². The van der Waals surface area contributed by atoms with E-state index in [0.29, 0.717) is 12.4 Å². The van der Waals surface area contributed by atoms with E-state index in [2.05, 4.69) is 15.9 Å². The van der Waals surface area contributed by atoms with E-state index >= 15 is 0 Å². The van der Waals surface area contributed by atoms with Crippen LogP contribution in [0.2, 0.25) is 0 Å². The molecular formula is C16H15BrO4. The summed E-state index contributed by atoms with van der Waals surface area (Å²) in [5.41, 5.74) is 1.88. The Morgan fingerprint density at radius 3 is 2.71 bits per heavy atom. The molecule has 1 heterocycles. The average molecular weight is 351 g/mol. The molecule has 0 fully saturated rings. The maximum Gasteiger partial charge on any atom is 0.317 e. The third kappa shape index (κ3) is 2.39. The maximum atomic E-state index is 12.5. The van der Waals surface area contributed by atoms with Crippen molar-refractivity contribution in [3.8, 4) is 0 Å². The Morgan fingerprint density at radius 1 is 1.33 bits per heavy atom. The third-order valence-corrected chi connectivity index (χ3v) is 4.56. The van der Waals surface area contributed by atoms with Gasteiger partial charge in [-0.15, -0.1) is 0 Å². The molecule has 0 saturated carbocycles. The number of esters is 1. The van der Waals surface area contributed by atoms with E-state index in [-0.39, 0.29) is 11.7 Å². The van der Waals surface area contributed by atoms with E-state index in [9.17, 15) is 9.59 Å². The molecule has 3 rings (SSSR count). The highest BCUT2D eigenvalue weighted by atomic mass is 79.9. The fraction of sp³-hybridized carbons (Fsp3) is 0.375. The highest BCUT2D eigenvalue weighted by Gasteiger charge is 2.49. The van der Waals surface area contributed by atoms with Crippen molar-refractivity contribution in [3.63, 3.8) is 0 Å². The summed E-state index contributed by atoms with van der Waals surface area (Å²) in [5, 5.41) is 0. The summed E-state index contributed by atoms with van der Waals surface area (Å²) < 4.78 is 11.3. The molecule has 4 nitrogen and oxygen atoms in total. The number of halogens is 1. The smallest absolute Gasteiger partial charge is 0.317 e. The van der Waals surface area contributed by atoms with Crippen LogP contribution in [0.15, 0.2) is 40.1 Å². The van der Waals surface area contributed by atoms with Gasteiger partial charge in [-0.2, -0.15) is 0 Å². The van der Waals surface area contributed by atoms with Crippen molar-refractivity contribution in [3.05, 3.63) is 45.6 Å². The molecule has 2 aliphatic rings. The number of benzene rings is 1. The van der Waals surface area contributed by atoms with Gasteiger partial charge in [-0.25, -0.2) is 0 Å². The van der Waals surface area contributed by atoms with Gasteiger partial charge in [0.05, 0.1) is 13.7 Å². The lowest BCUT2D eigenvalue weighted by Gasteiger charge is -2.21. The first-order valence-corrected chi connectivity index (χ1v) is 7.66. The van der Waals surface area contributed by atoms with E-state index in [1.807, 2.05) is 24.3 Å². The zero-order valence-corrected chi connectivity index (χ0v) is 13.2. The first kappa shape index (κ1) is 14.3. The largest absolute Gasteiger partial charge is 0.490 e. The number of allylic oxidation sites excluding steroid dienone is 2. The lowest BCUT2D eigenvalue weighted by Crippen LogP contribution is -2.27. The summed E-state index contributed by atoms with van der Waals surface area (Å²) >= 11 is 3.40. The van der Waals surface area contributed by atoms with Gasteiger partial charge in [0.2, 0.25) is 5.78 Å². The number of rotatable bonds is 2. The number of hydrogen-bond donors (Lipinski definition) is 0. The van der Waals surface area contributed by atoms with Gasteiger partial charge in [0.15, 0.2) is 5.76 Å². The second-order valence-electron chi connectivity index (χ2n) is 5.20. The van der Waals surface area contributed by atoms with E-state index in [1.54, 1.807) is 0 Å². The second-order valence-corrected chi connectivity index (χ2v) is 6.12. The number of methoxy groups -OCH3 is 1. The molecule has 0 saturated heterocycles. The molecule has 2 atom stereocenters. The monoisotopic (exact) mass is 350 g/mol. The Kier molecular flexibility index (Phi) is 3.85. The summed E-state index contributed by atoms with van der Waals surface area (Å²) in [6.07, 6.45) is 1.66. The molecule has 0 spiro atoms. The molecule has 0 bridgehead atoms. The minimum Gasteiger partial charge on any atom is -0.490 e. The van der Waals surface area contributed by atoms with E-state index in [1.165, 1.54) is 7.11 Å². The first-order valence-electron chi connectivity index (χ1n) is 6.87. The topological polar surface area (TPSA) is 52.6 Å². The van der Waals surface area contributed by atoms with Gasteiger partial charge in [0.1, 0.15) is 5.92 Å². The Labute approximate surface area is 131 Å². The van der Waals surface area contributed by atoms with Crippen LogP contribution in [0.3, 0.4) is 0 Å². The normalized spacial score (nSPS) is 24.6. The Bertz CT molecular complexity index is 618. The van der Waals surface area contributed by atoms with Crippen LogP contribution in [0.25, 0.3) is 0 Å². The second kappa shape index (κ2) is 5.64. The maximum absolute atomic E-state index is 12.5. The van der Waals surface area contributed by atoms with Crippen LogP contribution in [0.5, 0.6) is 0 Å². The molecule has 0 unspecified atom stereocenters. The zero-order valence-electron chi connectivity index (χ0n) is 11.6. The van der Waals surface area contributed by atoms with Gasteiger partial charge in [-0.05, 0) is 36.1 Å². The minimum absolute atomic E-state index is 0.246. The summed E-state index contributed by atoms with van der Waals surface area (Å²) in [7, 11) is 1.31. The molecule has 5 heteroatoms. The molecule has 110 valence electrons.